The maximum atomic E-state index is 5.52. The molecule has 2 rings (SSSR count). The van der Waals surface area contributed by atoms with Crippen LogP contribution < -0.4 is 16.2 Å². The maximum Gasteiger partial charge on any atom is 0.145 e. The van der Waals surface area contributed by atoms with E-state index in [0.29, 0.717) is 17.8 Å². The summed E-state index contributed by atoms with van der Waals surface area (Å²) in [5.41, 5.74) is 2.66. The Morgan fingerprint density at radius 3 is 2.89 bits per heavy atom. The van der Waals surface area contributed by atoms with E-state index in [-0.39, 0.29) is 0 Å². The van der Waals surface area contributed by atoms with Crippen LogP contribution in [0.15, 0.2) is 6.07 Å². The molecule has 0 radical (unpaired) electrons. The number of nitrogens with two attached hydrogens (primary N) is 1. The average molecular weight is 263 g/mol. The maximum absolute atomic E-state index is 5.52. The monoisotopic (exact) mass is 263 g/mol. The molecule has 1 aliphatic rings. The van der Waals surface area contributed by atoms with Crippen LogP contribution in [0.5, 0.6) is 0 Å². The van der Waals surface area contributed by atoms with E-state index in [1.54, 1.807) is 0 Å². The van der Waals surface area contributed by atoms with Crippen LogP contribution in [0, 0.1) is 5.92 Å². The molecule has 19 heavy (non-hydrogen) atoms. The van der Waals surface area contributed by atoms with E-state index in [2.05, 4.69) is 36.1 Å². The molecule has 0 aromatic carbocycles. The Kier molecular flexibility index (Phi) is 4.58. The lowest BCUT2D eigenvalue weighted by molar-refractivity contribution is 0.489. The molecule has 5 heteroatoms. The summed E-state index contributed by atoms with van der Waals surface area (Å²) in [5.74, 6) is 8.76. The first kappa shape index (κ1) is 14.1. The summed E-state index contributed by atoms with van der Waals surface area (Å²) < 4.78 is 0. The molecule has 1 atom stereocenters. The van der Waals surface area contributed by atoms with Crippen LogP contribution in [-0.4, -0.2) is 22.6 Å². The van der Waals surface area contributed by atoms with Crippen molar-refractivity contribution >= 4 is 11.6 Å². The van der Waals surface area contributed by atoms with Crippen LogP contribution in [0.1, 0.15) is 45.9 Å². The lowest BCUT2D eigenvalue weighted by Gasteiger charge is -2.29. The molecule has 0 bridgehead atoms. The Morgan fingerprint density at radius 2 is 2.26 bits per heavy atom. The second-order valence-corrected chi connectivity index (χ2v) is 5.57. The van der Waals surface area contributed by atoms with Crippen LogP contribution in [0.3, 0.4) is 0 Å². The average Bonchev–Trinajstić information content (AvgIpc) is 2.88. The minimum absolute atomic E-state index is 0.579. The van der Waals surface area contributed by atoms with Gasteiger partial charge in [-0.25, -0.2) is 15.8 Å². The number of hydrogen-bond donors (Lipinski definition) is 2. The largest absolute Gasteiger partial charge is 0.353 e. The third kappa shape index (κ3) is 3.15. The van der Waals surface area contributed by atoms with Crippen LogP contribution in [0.25, 0.3) is 0 Å². The molecule has 1 aromatic heterocycles. The van der Waals surface area contributed by atoms with Gasteiger partial charge in [-0.1, -0.05) is 20.8 Å². The number of aryl methyl sites for hydroxylation is 1. The molecule has 5 nitrogen and oxygen atoms in total. The van der Waals surface area contributed by atoms with Crippen molar-refractivity contribution in [3.63, 3.8) is 0 Å². The summed E-state index contributed by atoms with van der Waals surface area (Å²) in [6, 6.07) is 2.54. The van der Waals surface area contributed by atoms with E-state index in [0.717, 1.165) is 31.0 Å². The summed E-state index contributed by atoms with van der Waals surface area (Å²) in [4.78, 5) is 11.5. The molecule has 1 fully saturated rings. The van der Waals surface area contributed by atoms with Crippen LogP contribution in [0.4, 0.5) is 11.6 Å². The van der Waals surface area contributed by atoms with Gasteiger partial charge in [0, 0.05) is 25.1 Å². The zero-order chi connectivity index (χ0) is 13.8. The smallest absolute Gasteiger partial charge is 0.145 e. The fourth-order valence-electron chi connectivity index (χ4n) is 2.81. The van der Waals surface area contributed by atoms with Gasteiger partial charge >= 0.3 is 0 Å². The van der Waals surface area contributed by atoms with Crippen molar-refractivity contribution in [2.24, 2.45) is 11.8 Å². The molecule has 0 amide bonds. The number of anilines is 2. The predicted octanol–water partition coefficient (Wildman–Crippen LogP) is 2.34. The predicted molar refractivity (Wildman–Crippen MR) is 79.0 cm³/mol. The van der Waals surface area contributed by atoms with E-state index < -0.39 is 0 Å². The van der Waals surface area contributed by atoms with Crippen LogP contribution in [0.2, 0.25) is 0 Å². The highest BCUT2D eigenvalue weighted by molar-refractivity contribution is 5.50. The standard InChI is InChI=1S/C14H25N5/c1-4-6-12-16-13(18-15)9-14(17-12)19-8-5-7-11(19)10(2)3/h9-11H,4-8,15H2,1-3H3,(H,16,17,18). The summed E-state index contributed by atoms with van der Waals surface area (Å²) in [7, 11) is 0. The number of rotatable bonds is 5. The lowest BCUT2D eigenvalue weighted by Crippen LogP contribution is -2.34. The zero-order valence-electron chi connectivity index (χ0n) is 12.2. The van der Waals surface area contributed by atoms with E-state index in [1.807, 2.05) is 6.07 Å². The fraction of sp³-hybridized carbons (Fsp3) is 0.714. The Balaban J connectivity index is 2.29. The van der Waals surface area contributed by atoms with Gasteiger partial charge in [-0.3, -0.25) is 0 Å². The van der Waals surface area contributed by atoms with E-state index >= 15 is 0 Å². The number of nitrogens with one attached hydrogen (secondary N) is 1. The van der Waals surface area contributed by atoms with Crippen molar-refractivity contribution < 1.29 is 0 Å². The van der Waals surface area contributed by atoms with Gasteiger partial charge in [-0.2, -0.15) is 0 Å². The quantitative estimate of drug-likeness (QED) is 0.630. The number of aromatic nitrogens is 2. The lowest BCUT2D eigenvalue weighted by atomic mass is 10.0. The normalized spacial score (nSPS) is 19.2. The highest BCUT2D eigenvalue weighted by Crippen LogP contribution is 2.29. The van der Waals surface area contributed by atoms with Gasteiger partial charge in [0.25, 0.3) is 0 Å². The Morgan fingerprint density at radius 1 is 1.47 bits per heavy atom. The van der Waals surface area contributed by atoms with E-state index in [1.165, 1.54) is 12.8 Å². The SMILES string of the molecule is CCCc1nc(NN)cc(N2CCCC2C(C)C)n1. The summed E-state index contributed by atoms with van der Waals surface area (Å²) in [6.07, 6.45) is 4.42. The Bertz CT molecular complexity index is 418. The van der Waals surface area contributed by atoms with Crippen molar-refractivity contribution in [2.75, 3.05) is 16.9 Å². The summed E-state index contributed by atoms with van der Waals surface area (Å²) in [6.45, 7) is 7.77. The van der Waals surface area contributed by atoms with Gasteiger partial charge in [0.05, 0.1) is 0 Å². The van der Waals surface area contributed by atoms with Gasteiger partial charge in [-0.05, 0) is 25.2 Å². The van der Waals surface area contributed by atoms with Crippen LogP contribution >= 0.6 is 0 Å². The molecule has 2 heterocycles. The molecule has 106 valence electrons. The molecule has 1 unspecified atom stereocenters. The molecule has 1 aliphatic heterocycles. The van der Waals surface area contributed by atoms with Gasteiger partial charge in [0.2, 0.25) is 0 Å². The van der Waals surface area contributed by atoms with Gasteiger partial charge in [0.15, 0.2) is 0 Å². The van der Waals surface area contributed by atoms with Gasteiger partial charge < -0.3 is 10.3 Å². The number of nitrogen functional groups attached to an aromatic ring is 1. The fourth-order valence-corrected chi connectivity index (χ4v) is 2.81. The van der Waals surface area contributed by atoms with Gasteiger partial charge in [0.1, 0.15) is 17.5 Å². The molecule has 0 aliphatic carbocycles. The van der Waals surface area contributed by atoms with Crippen molar-refractivity contribution in [3.05, 3.63) is 11.9 Å². The molecular formula is C14H25N5. The second-order valence-electron chi connectivity index (χ2n) is 5.57. The molecular weight excluding hydrogens is 238 g/mol. The highest BCUT2D eigenvalue weighted by Gasteiger charge is 2.28. The first-order valence-corrected chi connectivity index (χ1v) is 7.27. The van der Waals surface area contributed by atoms with Crippen molar-refractivity contribution in [1.29, 1.82) is 0 Å². The number of hydrogen-bond acceptors (Lipinski definition) is 5. The van der Waals surface area contributed by atoms with Crippen molar-refractivity contribution in [2.45, 2.75) is 52.5 Å². The summed E-state index contributed by atoms with van der Waals surface area (Å²) in [5, 5.41) is 0. The molecule has 3 N–H and O–H groups in total. The third-order valence-electron chi connectivity index (χ3n) is 3.74. The second kappa shape index (κ2) is 6.19. The van der Waals surface area contributed by atoms with E-state index in [4.69, 9.17) is 10.8 Å². The summed E-state index contributed by atoms with van der Waals surface area (Å²) >= 11 is 0. The van der Waals surface area contributed by atoms with E-state index in [9.17, 15) is 0 Å². The number of nitrogens with zero attached hydrogens (tertiary/aromatic N) is 3. The minimum Gasteiger partial charge on any atom is -0.353 e. The molecule has 1 aromatic rings. The van der Waals surface area contributed by atoms with Gasteiger partial charge in [-0.15, -0.1) is 0 Å². The first-order valence-electron chi connectivity index (χ1n) is 7.27. The number of hydrazine groups is 1. The Labute approximate surface area is 115 Å². The Hall–Kier alpha value is -1.36. The topological polar surface area (TPSA) is 67.1 Å². The first-order chi connectivity index (χ1) is 9.15. The highest BCUT2D eigenvalue weighted by atomic mass is 15.3. The molecule has 1 saturated heterocycles. The third-order valence-corrected chi connectivity index (χ3v) is 3.74. The zero-order valence-corrected chi connectivity index (χ0v) is 12.2. The molecule has 0 spiro atoms. The van der Waals surface area contributed by atoms with Crippen molar-refractivity contribution in [3.8, 4) is 0 Å². The van der Waals surface area contributed by atoms with Crippen LogP contribution in [-0.2, 0) is 6.42 Å². The minimum atomic E-state index is 0.579. The molecule has 0 saturated carbocycles. The van der Waals surface area contributed by atoms with Crippen molar-refractivity contribution in [1.82, 2.24) is 9.97 Å².